The molecule has 108 valence electrons. The van der Waals surface area contributed by atoms with Crippen LogP contribution >= 0.6 is 0 Å². The van der Waals surface area contributed by atoms with Crippen LogP contribution < -0.4 is 16.0 Å². The number of hydrazine groups is 1. The number of aromatic nitrogens is 2. The number of halogens is 3. The minimum Gasteiger partial charge on any atom is -0.475 e. The number of nitrogens with two attached hydrogens (primary N) is 1. The summed E-state index contributed by atoms with van der Waals surface area (Å²) in [6.07, 6.45) is -4.65. The number of rotatable bonds is 6. The molecule has 1 rings (SSSR count). The van der Waals surface area contributed by atoms with Gasteiger partial charge in [0.1, 0.15) is 12.4 Å². The number of anilines is 1. The Labute approximate surface area is 108 Å². The zero-order chi connectivity index (χ0) is 14.5. The standard InChI is InChI=1S/C10H15F3N4O2/c1-6(2)18-3-4-19-8-5-7(17-14)15-9(16-8)10(11,12)13/h5-6H,3-4,14H2,1-2H3,(H,15,16,17). The van der Waals surface area contributed by atoms with Crippen molar-refractivity contribution in [1.29, 1.82) is 0 Å². The molecule has 0 aliphatic carbocycles. The van der Waals surface area contributed by atoms with Crippen molar-refractivity contribution in [2.24, 2.45) is 5.84 Å². The zero-order valence-corrected chi connectivity index (χ0v) is 10.5. The summed E-state index contributed by atoms with van der Waals surface area (Å²) in [5.74, 6) is 3.32. The van der Waals surface area contributed by atoms with Gasteiger partial charge in [-0.3, -0.25) is 0 Å². The highest BCUT2D eigenvalue weighted by molar-refractivity contribution is 5.37. The van der Waals surface area contributed by atoms with E-state index in [2.05, 4.69) is 9.97 Å². The molecule has 0 spiro atoms. The Morgan fingerprint density at radius 2 is 2.00 bits per heavy atom. The van der Waals surface area contributed by atoms with Crippen molar-refractivity contribution in [1.82, 2.24) is 9.97 Å². The Morgan fingerprint density at radius 3 is 2.53 bits per heavy atom. The van der Waals surface area contributed by atoms with Gasteiger partial charge in [-0.1, -0.05) is 0 Å². The maximum absolute atomic E-state index is 12.5. The topological polar surface area (TPSA) is 82.3 Å². The van der Waals surface area contributed by atoms with Crippen molar-refractivity contribution in [3.8, 4) is 5.88 Å². The molecule has 0 unspecified atom stereocenters. The molecule has 9 heteroatoms. The van der Waals surface area contributed by atoms with E-state index in [-0.39, 0.29) is 31.0 Å². The van der Waals surface area contributed by atoms with Crippen LogP contribution in [0.3, 0.4) is 0 Å². The second-order valence-corrected chi connectivity index (χ2v) is 3.83. The highest BCUT2D eigenvalue weighted by Gasteiger charge is 2.35. The fourth-order valence-electron chi connectivity index (χ4n) is 1.13. The predicted octanol–water partition coefficient (Wildman–Crippen LogP) is 1.58. The van der Waals surface area contributed by atoms with Crippen LogP contribution in [0.4, 0.5) is 19.0 Å². The van der Waals surface area contributed by atoms with Crippen molar-refractivity contribution >= 4 is 5.82 Å². The number of hydrogen-bond donors (Lipinski definition) is 2. The molecule has 0 aliphatic rings. The Kier molecular flexibility index (Phi) is 5.31. The summed E-state index contributed by atoms with van der Waals surface area (Å²) in [4.78, 5) is 6.46. The van der Waals surface area contributed by atoms with Crippen LogP contribution in [0.25, 0.3) is 0 Å². The molecule has 3 N–H and O–H groups in total. The molecule has 6 nitrogen and oxygen atoms in total. The molecule has 1 aromatic heterocycles. The molecular formula is C10H15F3N4O2. The van der Waals surface area contributed by atoms with Gasteiger partial charge in [0.25, 0.3) is 0 Å². The lowest BCUT2D eigenvalue weighted by atomic mass is 10.5. The number of alkyl halides is 3. The van der Waals surface area contributed by atoms with Crippen LogP contribution in [0.2, 0.25) is 0 Å². The summed E-state index contributed by atoms with van der Waals surface area (Å²) >= 11 is 0. The van der Waals surface area contributed by atoms with E-state index in [9.17, 15) is 13.2 Å². The van der Waals surface area contributed by atoms with Crippen LogP contribution in [0.15, 0.2) is 6.07 Å². The zero-order valence-electron chi connectivity index (χ0n) is 10.5. The Balaban J connectivity index is 2.72. The number of nitrogens with one attached hydrogen (secondary N) is 1. The molecule has 0 fully saturated rings. The fraction of sp³-hybridized carbons (Fsp3) is 0.600. The van der Waals surface area contributed by atoms with Crippen molar-refractivity contribution < 1.29 is 22.6 Å². The lowest BCUT2D eigenvalue weighted by Gasteiger charge is -2.11. The summed E-state index contributed by atoms with van der Waals surface area (Å²) in [5.41, 5.74) is 2.03. The molecule has 0 saturated carbocycles. The maximum atomic E-state index is 12.5. The highest BCUT2D eigenvalue weighted by Crippen LogP contribution is 2.28. The van der Waals surface area contributed by atoms with Gasteiger partial charge in [-0.05, 0) is 13.8 Å². The van der Waals surface area contributed by atoms with E-state index in [1.807, 2.05) is 19.3 Å². The monoisotopic (exact) mass is 280 g/mol. The first-order valence-corrected chi connectivity index (χ1v) is 5.50. The van der Waals surface area contributed by atoms with Gasteiger partial charge < -0.3 is 14.9 Å². The Hall–Kier alpha value is -1.61. The molecule has 0 bridgehead atoms. The molecule has 0 aromatic carbocycles. The van der Waals surface area contributed by atoms with Gasteiger partial charge in [-0.2, -0.15) is 18.2 Å². The van der Waals surface area contributed by atoms with Crippen molar-refractivity contribution in [2.75, 3.05) is 18.6 Å². The first-order valence-electron chi connectivity index (χ1n) is 5.50. The molecule has 0 amide bonds. The quantitative estimate of drug-likeness (QED) is 0.468. The average Bonchev–Trinajstić information content (AvgIpc) is 2.33. The van der Waals surface area contributed by atoms with Crippen LogP contribution in [-0.2, 0) is 10.9 Å². The molecular weight excluding hydrogens is 265 g/mol. The first kappa shape index (κ1) is 15.4. The minimum atomic E-state index is -4.67. The van der Waals surface area contributed by atoms with Gasteiger partial charge in [0.2, 0.25) is 11.7 Å². The van der Waals surface area contributed by atoms with Crippen molar-refractivity contribution in [2.45, 2.75) is 26.1 Å². The number of nitrogens with zero attached hydrogens (tertiary/aromatic N) is 2. The highest BCUT2D eigenvalue weighted by atomic mass is 19.4. The van der Waals surface area contributed by atoms with E-state index in [1.165, 1.54) is 6.07 Å². The van der Waals surface area contributed by atoms with E-state index in [0.29, 0.717) is 0 Å². The SMILES string of the molecule is CC(C)OCCOc1cc(NN)nc(C(F)(F)F)n1. The smallest absolute Gasteiger partial charge is 0.451 e. The average molecular weight is 280 g/mol. The van der Waals surface area contributed by atoms with E-state index in [1.54, 1.807) is 0 Å². The summed E-state index contributed by atoms with van der Waals surface area (Å²) < 4.78 is 47.8. The van der Waals surface area contributed by atoms with Crippen molar-refractivity contribution in [3.05, 3.63) is 11.9 Å². The fourth-order valence-corrected chi connectivity index (χ4v) is 1.13. The Morgan fingerprint density at radius 1 is 1.32 bits per heavy atom. The van der Waals surface area contributed by atoms with Gasteiger partial charge in [0.15, 0.2) is 0 Å². The van der Waals surface area contributed by atoms with Crippen LogP contribution in [-0.4, -0.2) is 29.3 Å². The summed E-state index contributed by atoms with van der Waals surface area (Å²) in [6, 6.07) is 1.17. The predicted molar refractivity (Wildman–Crippen MR) is 61.4 cm³/mol. The molecule has 1 aromatic rings. The second-order valence-electron chi connectivity index (χ2n) is 3.83. The minimum absolute atomic E-state index is 0.0148. The van der Waals surface area contributed by atoms with Crippen LogP contribution in [0.5, 0.6) is 5.88 Å². The lowest BCUT2D eigenvalue weighted by Crippen LogP contribution is -2.17. The third-order valence-corrected chi connectivity index (χ3v) is 1.89. The molecule has 0 saturated heterocycles. The number of nitrogen functional groups attached to an aromatic ring is 1. The van der Waals surface area contributed by atoms with E-state index in [0.717, 1.165) is 0 Å². The van der Waals surface area contributed by atoms with Gasteiger partial charge in [-0.25, -0.2) is 10.8 Å². The third-order valence-electron chi connectivity index (χ3n) is 1.89. The summed E-state index contributed by atoms with van der Waals surface area (Å²) in [6.45, 7) is 4.00. The van der Waals surface area contributed by atoms with E-state index >= 15 is 0 Å². The van der Waals surface area contributed by atoms with Crippen molar-refractivity contribution in [3.63, 3.8) is 0 Å². The van der Waals surface area contributed by atoms with Gasteiger partial charge in [0.05, 0.1) is 12.7 Å². The maximum Gasteiger partial charge on any atom is 0.451 e. The largest absolute Gasteiger partial charge is 0.475 e. The summed E-state index contributed by atoms with van der Waals surface area (Å²) in [7, 11) is 0. The molecule has 1 heterocycles. The molecule has 0 aliphatic heterocycles. The number of hydrogen-bond acceptors (Lipinski definition) is 6. The molecule has 0 radical (unpaired) electrons. The third kappa shape index (κ3) is 5.26. The Bertz CT molecular complexity index is 412. The molecule has 19 heavy (non-hydrogen) atoms. The van der Waals surface area contributed by atoms with Gasteiger partial charge >= 0.3 is 6.18 Å². The number of ether oxygens (including phenoxy) is 2. The van der Waals surface area contributed by atoms with Gasteiger partial charge in [-0.15, -0.1) is 0 Å². The van der Waals surface area contributed by atoms with Crippen LogP contribution in [0.1, 0.15) is 19.7 Å². The summed E-state index contributed by atoms with van der Waals surface area (Å²) in [5, 5.41) is 0. The van der Waals surface area contributed by atoms with E-state index in [4.69, 9.17) is 15.3 Å². The molecule has 0 atom stereocenters. The van der Waals surface area contributed by atoms with E-state index < -0.39 is 12.0 Å². The lowest BCUT2D eigenvalue weighted by molar-refractivity contribution is -0.145. The van der Waals surface area contributed by atoms with Gasteiger partial charge in [0, 0.05) is 6.07 Å². The van der Waals surface area contributed by atoms with Crippen LogP contribution in [0, 0.1) is 0 Å². The normalized spacial score (nSPS) is 11.7. The second kappa shape index (κ2) is 6.53. The first-order chi connectivity index (χ1) is 8.82.